The van der Waals surface area contributed by atoms with Gasteiger partial charge in [0.1, 0.15) is 6.04 Å². The van der Waals surface area contributed by atoms with E-state index in [9.17, 15) is 24.6 Å². The Morgan fingerprint density at radius 2 is 1.58 bits per heavy atom. The maximum absolute atomic E-state index is 13.2. The van der Waals surface area contributed by atoms with Gasteiger partial charge in [0.2, 0.25) is 5.91 Å². The third-order valence-corrected chi connectivity index (χ3v) is 5.78. The Morgan fingerprint density at radius 1 is 1.04 bits per heavy atom. The zero-order valence-electron chi connectivity index (χ0n) is 16.5. The van der Waals surface area contributed by atoms with E-state index in [-0.39, 0.29) is 36.4 Å². The van der Waals surface area contributed by atoms with Crippen LogP contribution < -0.4 is 0 Å². The van der Waals surface area contributed by atoms with E-state index in [2.05, 4.69) is 13.8 Å². The van der Waals surface area contributed by atoms with Crippen molar-refractivity contribution in [1.29, 1.82) is 0 Å². The number of nitrogens with zero attached hydrogens (tertiary/aromatic N) is 2. The number of likely N-dealkylation sites (tertiary alicyclic amines) is 1. The summed E-state index contributed by atoms with van der Waals surface area (Å²) in [6.45, 7) is 10.1. The lowest BCUT2D eigenvalue weighted by molar-refractivity contribution is -0.146. The van der Waals surface area contributed by atoms with Crippen molar-refractivity contribution < 1.29 is 24.6 Å². The number of carboxylic acid groups (broad SMARTS) is 2. The van der Waals surface area contributed by atoms with Gasteiger partial charge in [0.05, 0.1) is 6.04 Å². The molecule has 1 saturated heterocycles. The van der Waals surface area contributed by atoms with E-state index in [0.29, 0.717) is 0 Å². The first-order valence-electron chi connectivity index (χ1n) is 9.38. The van der Waals surface area contributed by atoms with Crippen molar-refractivity contribution in [2.24, 2.45) is 10.8 Å². The Morgan fingerprint density at radius 3 is 1.96 bits per heavy atom. The molecule has 2 N–H and O–H groups in total. The number of carbonyl (C=O) groups is 3. The van der Waals surface area contributed by atoms with E-state index in [1.807, 2.05) is 25.7 Å². The maximum Gasteiger partial charge on any atom is 0.408 e. The minimum Gasteiger partial charge on any atom is -0.480 e. The molecule has 0 aromatic heterocycles. The second-order valence-electron chi connectivity index (χ2n) is 9.54. The Kier molecular flexibility index (Phi) is 5.59. The van der Waals surface area contributed by atoms with Gasteiger partial charge in [0, 0.05) is 24.4 Å². The first kappa shape index (κ1) is 20.5. The molecule has 2 aliphatic rings. The third-order valence-electron chi connectivity index (χ3n) is 5.78. The van der Waals surface area contributed by atoms with Crippen molar-refractivity contribution in [2.75, 3.05) is 6.54 Å². The monoisotopic (exact) mass is 368 g/mol. The smallest absolute Gasteiger partial charge is 0.408 e. The molecule has 2 rings (SSSR count). The molecule has 2 fully saturated rings. The fourth-order valence-corrected chi connectivity index (χ4v) is 4.14. The number of hydrogen-bond donors (Lipinski definition) is 2. The van der Waals surface area contributed by atoms with Crippen LogP contribution in [0, 0.1) is 10.8 Å². The fraction of sp³-hybridized carbons (Fsp3) is 0.842. The van der Waals surface area contributed by atoms with Gasteiger partial charge in [0.15, 0.2) is 0 Å². The normalized spacial score (nSPS) is 26.6. The molecule has 0 bridgehead atoms. The van der Waals surface area contributed by atoms with Crippen LogP contribution in [0.25, 0.3) is 0 Å². The maximum atomic E-state index is 13.2. The van der Waals surface area contributed by atoms with Crippen molar-refractivity contribution >= 4 is 18.0 Å². The van der Waals surface area contributed by atoms with Crippen LogP contribution in [-0.4, -0.2) is 62.7 Å². The lowest BCUT2D eigenvalue weighted by Gasteiger charge is -2.44. The fourth-order valence-electron chi connectivity index (χ4n) is 4.14. The van der Waals surface area contributed by atoms with Crippen molar-refractivity contribution in [2.45, 2.75) is 84.8 Å². The summed E-state index contributed by atoms with van der Waals surface area (Å²) in [5.74, 6) is -1.17. The Labute approximate surface area is 155 Å². The Balaban J connectivity index is 2.29. The van der Waals surface area contributed by atoms with Crippen LogP contribution in [0.5, 0.6) is 0 Å². The van der Waals surface area contributed by atoms with E-state index in [0.717, 1.165) is 30.6 Å². The highest BCUT2D eigenvalue weighted by molar-refractivity contribution is 5.84. The predicted octanol–water partition coefficient (Wildman–Crippen LogP) is 3.04. The summed E-state index contributed by atoms with van der Waals surface area (Å²) in [5, 5.41) is 18.8. The van der Waals surface area contributed by atoms with E-state index in [4.69, 9.17) is 0 Å². The Bertz CT molecular complexity index is 549. The molecule has 7 heteroatoms. The molecule has 1 aliphatic heterocycles. The number of amides is 2. The molecule has 2 amide bonds. The number of carboxylic acids is 1. The summed E-state index contributed by atoms with van der Waals surface area (Å²) in [6, 6.07) is -1.43. The molecule has 0 aromatic carbocycles. The van der Waals surface area contributed by atoms with Gasteiger partial charge >= 0.3 is 12.1 Å². The summed E-state index contributed by atoms with van der Waals surface area (Å²) in [7, 11) is 0. The summed E-state index contributed by atoms with van der Waals surface area (Å²) in [5.41, 5.74) is -0.346. The molecule has 26 heavy (non-hydrogen) atoms. The van der Waals surface area contributed by atoms with Crippen molar-refractivity contribution in [3.63, 3.8) is 0 Å². The summed E-state index contributed by atoms with van der Waals surface area (Å²) < 4.78 is 0. The van der Waals surface area contributed by atoms with Gasteiger partial charge in [-0.05, 0) is 31.1 Å². The van der Waals surface area contributed by atoms with E-state index >= 15 is 0 Å². The number of carbonyl (C=O) groups excluding carboxylic acids is 1. The van der Waals surface area contributed by atoms with Crippen LogP contribution in [0.4, 0.5) is 4.79 Å². The average Bonchev–Trinajstić information content (AvgIpc) is 2.93. The summed E-state index contributed by atoms with van der Waals surface area (Å²) >= 11 is 0. The van der Waals surface area contributed by atoms with Crippen LogP contribution in [0.15, 0.2) is 0 Å². The zero-order valence-corrected chi connectivity index (χ0v) is 16.5. The van der Waals surface area contributed by atoms with Crippen molar-refractivity contribution in [3.05, 3.63) is 0 Å². The van der Waals surface area contributed by atoms with Crippen molar-refractivity contribution in [3.8, 4) is 0 Å². The quantitative estimate of drug-likeness (QED) is 0.798. The van der Waals surface area contributed by atoms with E-state index in [1.54, 1.807) is 0 Å². The lowest BCUT2D eigenvalue weighted by atomic mass is 9.74. The number of aliphatic carboxylic acids is 1. The average molecular weight is 368 g/mol. The molecule has 1 heterocycles. The largest absolute Gasteiger partial charge is 0.480 e. The molecule has 0 aromatic rings. The molecular formula is C19H32N2O5. The van der Waals surface area contributed by atoms with Crippen molar-refractivity contribution in [1.82, 2.24) is 9.80 Å². The molecular weight excluding hydrogens is 336 g/mol. The predicted molar refractivity (Wildman–Crippen MR) is 96.9 cm³/mol. The molecule has 1 aliphatic carbocycles. The van der Waals surface area contributed by atoms with E-state index in [1.165, 1.54) is 0 Å². The third kappa shape index (κ3) is 4.30. The highest BCUT2D eigenvalue weighted by atomic mass is 16.4. The van der Waals surface area contributed by atoms with E-state index < -0.39 is 23.5 Å². The van der Waals surface area contributed by atoms with Crippen LogP contribution in [0.3, 0.4) is 0 Å². The van der Waals surface area contributed by atoms with Gasteiger partial charge in [-0.3, -0.25) is 9.69 Å². The van der Waals surface area contributed by atoms with Crippen LogP contribution >= 0.6 is 0 Å². The molecule has 1 saturated carbocycles. The highest BCUT2D eigenvalue weighted by Gasteiger charge is 2.47. The zero-order chi connectivity index (χ0) is 19.9. The minimum absolute atomic E-state index is 0.0245. The molecule has 0 spiro atoms. The molecule has 7 nitrogen and oxygen atoms in total. The van der Waals surface area contributed by atoms with Gasteiger partial charge in [-0.2, -0.15) is 0 Å². The van der Waals surface area contributed by atoms with Gasteiger partial charge in [-0.15, -0.1) is 0 Å². The van der Waals surface area contributed by atoms with Gasteiger partial charge in [0.25, 0.3) is 0 Å². The summed E-state index contributed by atoms with van der Waals surface area (Å²) in [6.07, 6.45) is 2.66. The molecule has 148 valence electrons. The standard InChI is InChI=1S/C19H32N2O5/c1-18(2,3)16(24)21(12-6-8-19(4,5)9-7-12)13-10-14(15(22)23)20(11-13)17(25)26/h12-14H,6-11H2,1-5H3,(H,22,23)(H,25,26)/t13-,14-/m0/s1. The molecule has 2 atom stereocenters. The van der Waals surface area contributed by atoms with Gasteiger partial charge in [-0.25, -0.2) is 9.59 Å². The molecule has 0 radical (unpaired) electrons. The Hall–Kier alpha value is -1.79. The minimum atomic E-state index is -1.24. The topological polar surface area (TPSA) is 98.2 Å². The van der Waals surface area contributed by atoms with Crippen LogP contribution in [0.2, 0.25) is 0 Å². The van der Waals surface area contributed by atoms with Gasteiger partial charge < -0.3 is 15.1 Å². The second kappa shape index (κ2) is 7.08. The summed E-state index contributed by atoms with van der Waals surface area (Å²) in [4.78, 5) is 38.9. The number of hydrogen-bond acceptors (Lipinski definition) is 3. The first-order valence-corrected chi connectivity index (χ1v) is 9.38. The molecule has 0 unspecified atom stereocenters. The lowest BCUT2D eigenvalue weighted by Crippen LogP contribution is -2.53. The van der Waals surface area contributed by atoms with Gasteiger partial charge in [-0.1, -0.05) is 34.6 Å². The van der Waals surface area contributed by atoms with Crippen LogP contribution in [0.1, 0.15) is 66.7 Å². The van der Waals surface area contributed by atoms with Crippen LogP contribution in [-0.2, 0) is 9.59 Å². The first-order chi connectivity index (χ1) is 11.8. The second-order valence-corrected chi connectivity index (χ2v) is 9.54. The SMILES string of the molecule is CC1(C)CCC(N(C(=O)C(C)(C)C)[C@H]2C[C@@H](C(=O)O)N(C(=O)O)C2)CC1. The number of rotatable bonds is 3. The highest BCUT2D eigenvalue weighted by Crippen LogP contribution is 2.40.